The Balaban J connectivity index is 2.04. The number of amides is 2. The highest BCUT2D eigenvalue weighted by atomic mass is 16.5. The summed E-state index contributed by atoms with van der Waals surface area (Å²) >= 11 is 0. The van der Waals surface area contributed by atoms with Crippen molar-refractivity contribution in [3.05, 3.63) is 97.1 Å². The number of hydrogen-bond donors (Lipinski definition) is 2. The Morgan fingerprint density at radius 2 is 1.60 bits per heavy atom. The number of hydrogen-bond acceptors (Lipinski definition) is 5. The number of nitrogens with zero attached hydrogens (tertiary/aromatic N) is 1. The Kier molecular flexibility index (Phi) is 15.9. The van der Waals surface area contributed by atoms with Crippen LogP contribution in [0.3, 0.4) is 0 Å². The standard InChI is InChI=1S/C35H48N2O5/c1-5-7-10-20-31(23-28-16-11-8-12-17-28)35(41)42-26-32(27(3)4)36-34(40)30(15-6-2)24-33(39)37(21-22-38)25-29-18-13-9-14-19-29/h5-6,8-9,11-14,16-19,27,30-32,38H,1-2,7,10,15,20-26H2,3-4H3,(H,36,40)/t30-,31-,32-/m1/s1. The van der Waals surface area contributed by atoms with Crippen LogP contribution >= 0.6 is 0 Å². The van der Waals surface area contributed by atoms with Crippen molar-refractivity contribution in [1.29, 1.82) is 0 Å². The quantitative estimate of drug-likeness (QED) is 0.124. The minimum atomic E-state index is -0.631. The van der Waals surface area contributed by atoms with Gasteiger partial charge < -0.3 is 20.1 Å². The molecule has 0 bridgehead atoms. The maximum atomic E-state index is 13.4. The molecule has 0 saturated heterocycles. The average Bonchev–Trinajstić information content (AvgIpc) is 2.99. The molecule has 228 valence electrons. The van der Waals surface area contributed by atoms with Gasteiger partial charge in [0.05, 0.1) is 24.5 Å². The number of ether oxygens (including phenoxy) is 1. The first kappa shape index (κ1) is 34.5. The molecule has 3 atom stereocenters. The lowest BCUT2D eigenvalue weighted by molar-refractivity contribution is -0.150. The van der Waals surface area contributed by atoms with Gasteiger partial charge in [-0.3, -0.25) is 14.4 Å². The van der Waals surface area contributed by atoms with Crippen molar-refractivity contribution in [2.24, 2.45) is 17.8 Å². The first-order valence-corrected chi connectivity index (χ1v) is 14.9. The van der Waals surface area contributed by atoms with E-state index >= 15 is 0 Å². The van der Waals surface area contributed by atoms with Crippen LogP contribution < -0.4 is 5.32 Å². The second-order valence-corrected chi connectivity index (χ2v) is 11.0. The fourth-order valence-electron chi connectivity index (χ4n) is 4.74. The summed E-state index contributed by atoms with van der Waals surface area (Å²) in [6.07, 6.45) is 6.74. The summed E-state index contributed by atoms with van der Waals surface area (Å²) in [6.45, 7) is 11.9. The van der Waals surface area contributed by atoms with Gasteiger partial charge in [0.1, 0.15) is 6.61 Å². The van der Waals surface area contributed by atoms with Gasteiger partial charge in [0.2, 0.25) is 11.8 Å². The van der Waals surface area contributed by atoms with Crippen LogP contribution in [0.5, 0.6) is 0 Å². The van der Waals surface area contributed by atoms with Crippen molar-refractivity contribution in [3.63, 3.8) is 0 Å². The SMILES string of the molecule is C=CCCC[C@H](Cc1ccccc1)C(=O)OC[C@@H](NC(=O)[C@H](CC=C)CC(=O)N(CCO)Cc1ccccc1)C(C)C. The highest BCUT2D eigenvalue weighted by molar-refractivity contribution is 5.86. The number of rotatable bonds is 20. The van der Waals surface area contributed by atoms with Crippen molar-refractivity contribution in [2.75, 3.05) is 19.8 Å². The first-order chi connectivity index (χ1) is 20.3. The highest BCUT2D eigenvalue weighted by Gasteiger charge is 2.28. The molecule has 42 heavy (non-hydrogen) atoms. The van der Waals surface area contributed by atoms with E-state index in [2.05, 4.69) is 18.5 Å². The molecule has 0 radical (unpaired) electrons. The zero-order valence-corrected chi connectivity index (χ0v) is 25.3. The number of benzene rings is 2. The predicted octanol–water partition coefficient (Wildman–Crippen LogP) is 5.49. The van der Waals surface area contributed by atoms with Crippen LogP contribution in [0.1, 0.15) is 57.1 Å². The Hall–Kier alpha value is -3.71. The van der Waals surface area contributed by atoms with E-state index in [-0.39, 0.29) is 55.8 Å². The third kappa shape index (κ3) is 12.4. The lowest BCUT2D eigenvalue weighted by Gasteiger charge is -2.27. The molecule has 0 saturated carbocycles. The lowest BCUT2D eigenvalue weighted by atomic mass is 9.94. The molecular weight excluding hydrogens is 528 g/mol. The Bertz CT molecular complexity index is 1100. The number of unbranched alkanes of at least 4 members (excludes halogenated alkanes) is 1. The topological polar surface area (TPSA) is 95.9 Å². The zero-order chi connectivity index (χ0) is 30.7. The maximum absolute atomic E-state index is 13.4. The van der Waals surface area contributed by atoms with Gasteiger partial charge in [-0.15, -0.1) is 13.2 Å². The molecule has 7 nitrogen and oxygen atoms in total. The third-order valence-electron chi connectivity index (χ3n) is 7.34. The van der Waals surface area contributed by atoms with Crippen LogP contribution in [0.25, 0.3) is 0 Å². The van der Waals surface area contributed by atoms with Gasteiger partial charge in [0, 0.05) is 19.5 Å². The minimum Gasteiger partial charge on any atom is -0.463 e. The largest absolute Gasteiger partial charge is 0.463 e. The maximum Gasteiger partial charge on any atom is 0.309 e. The normalized spacial score (nSPS) is 13.0. The summed E-state index contributed by atoms with van der Waals surface area (Å²) in [5.74, 6) is -1.70. The number of aliphatic hydroxyl groups excluding tert-OH is 1. The fourth-order valence-corrected chi connectivity index (χ4v) is 4.74. The summed E-state index contributed by atoms with van der Waals surface area (Å²) in [6, 6.07) is 19.0. The van der Waals surface area contributed by atoms with E-state index in [1.807, 2.05) is 80.6 Å². The van der Waals surface area contributed by atoms with E-state index in [1.54, 1.807) is 11.0 Å². The van der Waals surface area contributed by atoms with E-state index in [0.717, 1.165) is 24.0 Å². The number of allylic oxidation sites excluding steroid dienone is 2. The van der Waals surface area contributed by atoms with Crippen LogP contribution in [0.15, 0.2) is 86.0 Å². The van der Waals surface area contributed by atoms with Gasteiger partial charge >= 0.3 is 5.97 Å². The number of nitrogens with one attached hydrogen (secondary N) is 1. The van der Waals surface area contributed by atoms with Gasteiger partial charge in [-0.1, -0.05) is 86.7 Å². The number of carbonyl (C=O) groups excluding carboxylic acids is 3. The molecule has 2 N–H and O–H groups in total. The van der Waals surface area contributed by atoms with Gasteiger partial charge in [0.25, 0.3) is 0 Å². The molecule has 0 aliphatic rings. The van der Waals surface area contributed by atoms with Gasteiger partial charge in [-0.2, -0.15) is 0 Å². The van der Waals surface area contributed by atoms with Gasteiger partial charge in [-0.05, 0) is 49.1 Å². The summed E-state index contributed by atoms with van der Waals surface area (Å²) in [4.78, 5) is 41.4. The molecule has 0 aromatic heterocycles. The fraction of sp³-hybridized carbons (Fsp3) is 0.457. The molecule has 2 aromatic rings. The Morgan fingerprint density at radius 1 is 0.952 bits per heavy atom. The van der Waals surface area contributed by atoms with Crippen LogP contribution in [-0.2, 0) is 32.1 Å². The van der Waals surface area contributed by atoms with Gasteiger partial charge in [0.15, 0.2) is 0 Å². The number of esters is 1. The lowest BCUT2D eigenvalue weighted by Crippen LogP contribution is -2.46. The van der Waals surface area contributed by atoms with E-state index in [1.165, 1.54) is 0 Å². The number of aliphatic hydroxyl groups is 1. The molecule has 0 spiro atoms. The summed E-state index contributed by atoms with van der Waals surface area (Å²) in [5, 5.41) is 12.6. The van der Waals surface area contributed by atoms with Crippen LogP contribution in [0.4, 0.5) is 0 Å². The minimum absolute atomic E-state index is 0.000796. The highest BCUT2D eigenvalue weighted by Crippen LogP contribution is 2.19. The van der Waals surface area contributed by atoms with Crippen LogP contribution in [0.2, 0.25) is 0 Å². The van der Waals surface area contributed by atoms with E-state index in [9.17, 15) is 19.5 Å². The molecule has 2 amide bonds. The monoisotopic (exact) mass is 576 g/mol. The van der Waals surface area contributed by atoms with Crippen molar-refractivity contribution < 1.29 is 24.2 Å². The van der Waals surface area contributed by atoms with E-state index in [0.29, 0.717) is 25.8 Å². The molecule has 0 aliphatic heterocycles. The molecule has 0 fully saturated rings. The van der Waals surface area contributed by atoms with Crippen molar-refractivity contribution in [1.82, 2.24) is 10.2 Å². The molecule has 0 unspecified atom stereocenters. The second kappa shape index (κ2) is 19.4. The smallest absolute Gasteiger partial charge is 0.309 e. The Morgan fingerprint density at radius 3 is 2.17 bits per heavy atom. The molecule has 0 heterocycles. The van der Waals surface area contributed by atoms with Crippen molar-refractivity contribution in [3.8, 4) is 0 Å². The molecular formula is C35H48N2O5. The van der Waals surface area contributed by atoms with E-state index in [4.69, 9.17) is 4.74 Å². The Labute approximate surface area is 251 Å². The summed E-state index contributed by atoms with van der Waals surface area (Å²) in [5.41, 5.74) is 2.02. The van der Waals surface area contributed by atoms with Crippen molar-refractivity contribution in [2.45, 2.75) is 65.0 Å². The van der Waals surface area contributed by atoms with Crippen LogP contribution in [-0.4, -0.2) is 53.6 Å². The first-order valence-electron chi connectivity index (χ1n) is 14.9. The zero-order valence-electron chi connectivity index (χ0n) is 25.3. The van der Waals surface area contributed by atoms with Gasteiger partial charge in [-0.25, -0.2) is 0 Å². The third-order valence-corrected chi connectivity index (χ3v) is 7.34. The number of carbonyl (C=O) groups is 3. The summed E-state index contributed by atoms with van der Waals surface area (Å²) < 4.78 is 5.79. The summed E-state index contributed by atoms with van der Waals surface area (Å²) in [7, 11) is 0. The molecule has 0 aliphatic carbocycles. The van der Waals surface area contributed by atoms with E-state index < -0.39 is 12.0 Å². The predicted molar refractivity (Wildman–Crippen MR) is 167 cm³/mol. The van der Waals surface area contributed by atoms with Crippen molar-refractivity contribution >= 4 is 17.8 Å². The average molecular weight is 577 g/mol. The molecule has 2 rings (SSSR count). The molecule has 2 aromatic carbocycles. The molecule has 7 heteroatoms. The second-order valence-electron chi connectivity index (χ2n) is 11.0. The van der Waals surface area contributed by atoms with Crippen LogP contribution in [0, 0.1) is 17.8 Å².